The molecule has 1 aromatic heterocycles. The number of aromatic nitrogens is 3. The highest BCUT2D eigenvalue weighted by Crippen LogP contribution is 2.33. The molecule has 0 fully saturated rings. The Morgan fingerprint density at radius 3 is 2.00 bits per heavy atom. The standard InChI is InChI=1S/C33H33N3/c1-5-6-19-31-34-35-33(28-17-12-16-27(22-28)30-18-11-10-13-23(30)2)36(31)32-24(3)20-29(21-25(32)4)26-14-8-7-9-15-26/h7-18,20-22H,5-6,19H2,1-4H3. The van der Waals surface area contributed by atoms with Crippen LogP contribution in [0.25, 0.3) is 39.3 Å². The third kappa shape index (κ3) is 4.61. The molecule has 0 spiro atoms. The Morgan fingerprint density at radius 2 is 1.28 bits per heavy atom. The minimum Gasteiger partial charge on any atom is -0.278 e. The van der Waals surface area contributed by atoms with Crippen LogP contribution in [0.15, 0.2) is 91.0 Å². The van der Waals surface area contributed by atoms with Gasteiger partial charge in [-0.3, -0.25) is 4.57 Å². The number of rotatable bonds is 7. The van der Waals surface area contributed by atoms with E-state index in [4.69, 9.17) is 10.2 Å². The van der Waals surface area contributed by atoms with Crippen molar-refractivity contribution >= 4 is 0 Å². The van der Waals surface area contributed by atoms with Gasteiger partial charge in [0.2, 0.25) is 0 Å². The maximum absolute atomic E-state index is 4.75. The lowest BCUT2D eigenvalue weighted by Crippen LogP contribution is -2.08. The van der Waals surface area contributed by atoms with Crippen LogP contribution in [-0.4, -0.2) is 14.8 Å². The Kier molecular flexibility index (Phi) is 6.81. The van der Waals surface area contributed by atoms with Gasteiger partial charge in [-0.25, -0.2) is 0 Å². The summed E-state index contributed by atoms with van der Waals surface area (Å²) < 4.78 is 2.30. The van der Waals surface area contributed by atoms with E-state index in [1.54, 1.807) is 0 Å². The van der Waals surface area contributed by atoms with Crippen LogP contribution in [0.2, 0.25) is 0 Å². The second-order valence-corrected chi connectivity index (χ2v) is 9.60. The Labute approximate surface area is 214 Å². The molecule has 5 rings (SSSR count). The van der Waals surface area contributed by atoms with E-state index in [-0.39, 0.29) is 0 Å². The van der Waals surface area contributed by atoms with E-state index in [2.05, 4.69) is 123 Å². The quantitative estimate of drug-likeness (QED) is 0.238. The third-order valence-corrected chi connectivity index (χ3v) is 6.88. The zero-order valence-electron chi connectivity index (χ0n) is 21.6. The topological polar surface area (TPSA) is 30.7 Å². The number of nitrogens with zero attached hydrogens (tertiary/aromatic N) is 3. The van der Waals surface area contributed by atoms with Gasteiger partial charge < -0.3 is 0 Å². The average Bonchev–Trinajstić information content (AvgIpc) is 3.31. The first kappa shape index (κ1) is 23.7. The predicted octanol–water partition coefficient (Wildman–Crippen LogP) is 8.54. The van der Waals surface area contributed by atoms with E-state index in [9.17, 15) is 0 Å². The Morgan fingerprint density at radius 1 is 0.611 bits per heavy atom. The van der Waals surface area contributed by atoms with Gasteiger partial charge in [0.25, 0.3) is 0 Å². The highest BCUT2D eigenvalue weighted by atomic mass is 15.3. The first-order valence-corrected chi connectivity index (χ1v) is 12.8. The highest BCUT2D eigenvalue weighted by molar-refractivity contribution is 5.74. The summed E-state index contributed by atoms with van der Waals surface area (Å²) in [7, 11) is 0. The number of hydrogen-bond acceptors (Lipinski definition) is 2. The van der Waals surface area contributed by atoms with Gasteiger partial charge in [-0.1, -0.05) is 86.1 Å². The van der Waals surface area contributed by atoms with Gasteiger partial charge in [0.15, 0.2) is 5.82 Å². The molecule has 36 heavy (non-hydrogen) atoms. The summed E-state index contributed by atoms with van der Waals surface area (Å²) in [6, 6.07) is 32.4. The molecule has 0 aliphatic rings. The Hall–Kier alpha value is -3.98. The van der Waals surface area contributed by atoms with Crippen LogP contribution in [0.4, 0.5) is 0 Å². The molecular weight excluding hydrogens is 438 g/mol. The summed E-state index contributed by atoms with van der Waals surface area (Å²) in [5.41, 5.74) is 10.9. The smallest absolute Gasteiger partial charge is 0.168 e. The zero-order valence-corrected chi connectivity index (χ0v) is 21.6. The van der Waals surface area contributed by atoms with Crippen LogP contribution in [-0.2, 0) is 6.42 Å². The van der Waals surface area contributed by atoms with Gasteiger partial charge in [-0.05, 0) is 84.3 Å². The summed E-state index contributed by atoms with van der Waals surface area (Å²) in [6.07, 6.45) is 3.11. The SMILES string of the molecule is CCCCc1nnc(-c2cccc(-c3ccccc3C)c2)n1-c1c(C)cc(-c2ccccc2)cc1C. The lowest BCUT2D eigenvalue weighted by Gasteiger charge is -2.18. The van der Waals surface area contributed by atoms with Gasteiger partial charge in [0.1, 0.15) is 5.82 Å². The lowest BCUT2D eigenvalue weighted by atomic mass is 9.97. The summed E-state index contributed by atoms with van der Waals surface area (Å²) in [6.45, 7) is 8.78. The minimum absolute atomic E-state index is 0.898. The van der Waals surface area contributed by atoms with Gasteiger partial charge in [0.05, 0.1) is 5.69 Å². The Bertz CT molecular complexity index is 1470. The normalized spacial score (nSPS) is 11.1. The Balaban J connectivity index is 1.66. The number of unbranched alkanes of at least 4 members (excludes halogenated alkanes) is 1. The minimum atomic E-state index is 0.898. The summed E-state index contributed by atoms with van der Waals surface area (Å²) in [5.74, 6) is 1.92. The predicted molar refractivity (Wildman–Crippen MR) is 150 cm³/mol. The van der Waals surface area contributed by atoms with E-state index in [1.165, 1.54) is 44.6 Å². The number of benzene rings is 4. The molecule has 0 aliphatic heterocycles. The van der Waals surface area contributed by atoms with Crippen molar-refractivity contribution in [2.75, 3.05) is 0 Å². The van der Waals surface area contributed by atoms with Crippen molar-refractivity contribution in [3.63, 3.8) is 0 Å². The molecule has 3 heteroatoms. The van der Waals surface area contributed by atoms with Crippen LogP contribution in [0.1, 0.15) is 42.3 Å². The fourth-order valence-electron chi connectivity index (χ4n) is 5.06. The number of hydrogen-bond donors (Lipinski definition) is 0. The summed E-state index contributed by atoms with van der Waals surface area (Å²) in [5, 5.41) is 9.45. The van der Waals surface area contributed by atoms with E-state index < -0.39 is 0 Å². The van der Waals surface area contributed by atoms with E-state index in [0.29, 0.717) is 0 Å². The molecule has 0 unspecified atom stereocenters. The monoisotopic (exact) mass is 471 g/mol. The molecule has 0 N–H and O–H groups in total. The van der Waals surface area contributed by atoms with Crippen molar-refractivity contribution < 1.29 is 0 Å². The molecule has 0 bridgehead atoms. The first-order valence-electron chi connectivity index (χ1n) is 12.8. The molecule has 0 radical (unpaired) electrons. The van der Waals surface area contributed by atoms with Crippen molar-refractivity contribution in [1.29, 1.82) is 0 Å². The maximum Gasteiger partial charge on any atom is 0.168 e. The molecular formula is C33H33N3. The largest absolute Gasteiger partial charge is 0.278 e. The van der Waals surface area contributed by atoms with Gasteiger partial charge in [-0.2, -0.15) is 0 Å². The molecule has 0 aliphatic carbocycles. The fourth-order valence-corrected chi connectivity index (χ4v) is 5.06. The van der Waals surface area contributed by atoms with Crippen molar-refractivity contribution in [1.82, 2.24) is 14.8 Å². The fraction of sp³-hybridized carbons (Fsp3) is 0.212. The molecule has 5 aromatic rings. The summed E-state index contributed by atoms with van der Waals surface area (Å²) in [4.78, 5) is 0. The molecule has 180 valence electrons. The van der Waals surface area contributed by atoms with Gasteiger partial charge >= 0.3 is 0 Å². The van der Waals surface area contributed by atoms with Crippen molar-refractivity contribution in [3.8, 4) is 39.3 Å². The van der Waals surface area contributed by atoms with Crippen molar-refractivity contribution in [3.05, 3.63) is 114 Å². The van der Waals surface area contributed by atoms with E-state index in [0.717, 1.165) is 36.5 Å². The molecule has 0 amide bonds. The second-order valence-electron chi connectivity index (χ2n) is 9.60. The van der Waals surface area contributed by atoms with Gasteiger partial charge in [-0.15, -0.1) is 10.2 Å². The first-order chi connectivity index (χ1) is 17.6. The maximum atomic E-state index is 4.75. The van der Waals surface area contributed by atoms with Crippen molar-refractivity contribution in [2.24, 2.45) is 0 Å². The van der Waals surface area contributed by atoms with E-state index in [1.807, 2.05) is 0 Å². The van der Waals surface area contributed by atoms with E-state index >= 15 is 0 Å². The molecule has 1 heterocycles. The number of aryl methyl sites for hydroxylation is 4. The second kappa shape index (κ2) is 10.3. The van der Waals surface area contributed by atoms with Crippen LogP contribution in [0.3, 0.4) is 0 Å². The molecule has 0 atom stereocenters. The van der Waals surface area contributed by atoms with Crippen LogP contribution in [0, 0.1) is 20.8 Å². The molecule has 4 aromatic carbocycles. The van der Waals surface area contributed by atoms with Crippen LogP contribution >= 0.6 is 0 Å². The molecule has 3 nitrogen and oxygen atoms in total. The highest BCUT2D eigenvalue weighted by Gasteiger charge is 2.20. The van der Waals surface area contributed by atoms with Crippen molar-refractivity contribution in [2.45, 2.75) is 47.0 Å². The van der Waals surface area contributed by atoms with Gasteiger partial charge in [0, 0.05) is 12.0 Å². The zero-order chi connectivity index (χ0) is 25.1. The summed E-state index contributed by atoms with van der Waals surface area (Å²) >= 11 is 0. The third-order valence-electron chi connectivity index (χ3n) is 6.88. The molecule has 0 saturated heterocycles. The van der Waals surface area contributed by atoms with Crippen LogP contribution < -0.4 is 0 Å². The molecule has 0 saturated carbocycles. The average molecular weight is 472 g/mol. The lowest BCUT2D eigenvalue weighted by molar-refractivity contribution is 0.734. The van der Waals surface area contributed by atoms with Crippen LogP contribution in [0.5, 0.6) is 0 Å².